The molecule has 1 saturated heterocycles. The van der Waals surface area contributed by atoms with E-state index in [0.717, 1.165) is 37.8 Å². The Morgan fingerprint density at radius 3 is 2.19 bits per heavy atom. The van der Waals surface area contributed by atoms with Crippen molar-refractivity contribution in [2.75, 3.05) is 20.2 Å². The van der Waals surface area contributed by atoms with Crippen molar-refractivity contribution < 1.29 is 23.1 Å². The van der Waals surface area contributed by atoms with Crippen LogP contribution in [-0.2, 0) is 4.79 Å². The molecule has 142 valence electrons. The van der Waals surface area contributed by atoms with Crippen LogP contribution in [0, 0.1) is 17.6 Å². The van der Waals surface area contributed by atoms with Gasteiger partial charge in [-0.25, -0.2) is 8.78 Å². The normalized spacial score (nSPS) is 18.8. The number of ether oxygens (including phenoxy) is 1. The molecule has 1 N–H and O–H groups in total. The summed E-state index contributed by atoms with van der Waals surface area (Å²) >= 11 is 0. The number of nitrogens with one attached hydrogen (secondary N) is 1. The predicted molar refractivity (Wildman–Crippen MR) is 91.9 cm³/mol. The maximum atomic E-state index is 14.0. The molecule has 1 aromatic rings. The first kappa shape index (κ1) is 18.6. The van der Waals surface area contributed by atoms with Crippen molar-refractivity contribution in [2.24, 2.45) is 5.92 Å². The van der Waals surface area contributed by atoms with E-state index in [4.69, 9.17) is 4.74 Å². The molecule has 5 nitrogen and oxygen atoms in total. The lowest BCUT2D eigenvalue weighted by atomic mass is 10.0. The quantitative estimate of drug-likeness (QED) is 0.891. The standard InChI is InChI=1S/C19H24F2N2O3/c1-26-14-10-15(20)17(16(21)11-14)18(24)22-13-6-8-23(9-7-13)19(25)12-4-2-3-5-12/h10-13H,2-9H2,1H3,(H,22,24). The molecule has 0 spiro atoms. The summed E-state index contributed by atoms with van der Waals surface area (Å²) in [5.74, 6) is -2.30. The number of halogens is 2. The van der Waals surface area contributed by atoms with Gasteiger partial charge in [-0.15, -0.1) is 0 Å². The number of carbonyl (C=O) groups excluding carboxylic acids is 2. The number of amides is 2. The molecule has 0 bridgehead atoms. The minimum atomic E-state index is -0.951. The van der Waals surface area contributed by atoms with Gasteiger partial charge in [0.15, 0.2) is 0 Å². The molecule has 2 amide bonds. The van der Waals surface area contributed by atoms with E-state index < -0.39 is 23.1 Å². The Bertz CT molecular complexity index is 658. The second-order valence-corrected chi connectivity index (χ2v) is 7.02. The molecule has 0 atom stereocenters. The van der Waals surface area contributed by atoms with Gasteiger partial charge in [-0.1, -0.05) is 12.8 Å². The lowest BCUT2D eigenvalue weighted by Gasteiger charge is -2.34. The molecule has 26 heavy (non-hydrogen) atoms. The number of hydrogen-bond acceptors (Lipinski definition) is 3. The molecule has 3 rings (SSSR count). The Morgan fingerprint density at radius 2 is 1.65 bits per heavy atom. The highest BCUT2D eigenvalue weighted by atomic mass is 19.1. The van der Waals surface area contributed by atoms with Crippen molar-refractivity contribution in [1.29, 1.82) is 0 Å². The maximum absolute atomic E-state index is 14.0. The third-order valence-corrected chi connectivity index (χ3v) is 5.32. The van der Waals surface area contributed by atoms with Gasteiger partial charge in [-0.05, 0) is 25.7 Å². The van der Waals surface area contributed by atoms with Crippen molar-refractivity contribution in [3.8, 4) is 5.75 Å². The number of piperidine rings is 1. The Morgan fingerprint density at radius 1 is 1.08 bits per heavy atom. The van der Waals surface area contributed by atoms with E-state index in [-0.39, 0.29) is 23.6 Å². The van der Waals surface area contributed by atoms with Crippen LogP contribution < -0.4 is 10.1 Å². The Hall–Kier alpha value is -2.18. The van der Waals surface area contributed by atoms with E-state index in [2.05, 4.69) is 5.32 Å². The first-order chi connectivity index (χ1) is 12.5. The summed E-state index contributed by atoms with van der Waals surface area (Å²) in [5, 5.41) is 2.69. The monoisotopic (exact) mass is 366 g/mol. The number of carbonyl (C=O) groups is 2. The predicted octanol–water partition coefficient (Wildman–Crippen LogP) is 2.88. The molecule has 2 fully saturated rings. The Labute approximate surface area is 151 Å². The van der Waals surface area contributed by atoms with Crippen molar-refractivity contribution in [3.05, 3.63) is 29.3 Å². The molecule has 1 aliphatic heterocycles. The number of methoxy groups -OCH3 is 1. The highest BCUT2D eigenvalue weighted by Gasteiger charge is 2.31. The third-order valence-electron chi connectivity index (χ3n) is 5.32. The van der Waals surface area contributed by atoms with Crippen LogP contribution in [-0.4, -0.2) is 43.0 Å². The first-order valence-electron chi connectivity index (χ1n) is 9.12. The summed E-state index contributed by atoms with van der Waals surface area (Å²) in [4.78, 5) is 26.5. The molecule has 1 saturated carbocycles. The third kappa shape index (κ3) is 3.97. The van der Waals surface area contributed by atoms with Gasteiger partial charge in [0.2, 0.25) is 5.91 Å². The Kier molecular flexibility index (Phi) is 5.74. The molecular weight excluding hydrogens is 342 g/mol. The summed E-state index contributed by atoms with van der Waals surface area (Å²) in [6.45, 7) is 1.13. The van der Waals surface area contributed by atoms with Gasteiger partial charge in [-0.2, -0.15) is 0 Å². The van der Waals surface area contributed by atoms with Crippen molar-refractivity contribution in [3.63, 3.8) is 0 Å². The fourth-order valence-electron chi connectivity index (χ4n) is 3.82. The largest absolute Gasteiger partial charge is 0.497 e. The zero-order valence-electron chi connectivity index (χ0n) is 14.9. The summed E-state index contributed by atoms with van der Waals surface area (Å²) in [6, 6.07) is 1.78. The molecule has 1 aliphatic carbocycles. The van der Waals surface area contributed by atoms with E-state index in [1.165, 1.54) is 7.11 Å². The Balaban J connectivity index is 1.56. The molecule has 2 aliphatic rings. The lowest BCUT2D eigenvalue weighted by Crippen LogP contribution is -2.48. The van der Waals surface area contributed by atoms with Crippen molar-refractivity contribution >= 4 is 11.8 Å². The minimum Gasteiger partial charge on any atom is -0.497 e. The van der Waals surface area contributed by atoms with Gasteiger partial charge in [0, 0.05) is 37.2 Å². The zero-order valence-corrected chi connectivity index (χ0v) is 14.9. The first-order valence-corrected chi connectivity index (χ1v) is 9.12. The van der Waals surface area contributed by atoms with Gasteiger partial charge in [0.05, 0.1) is 7.11 Å². The fourth-order valence-corrected chi connectivity index (χ4v) is 3.82. The van der Waals surface area contributed by atoms with Gasteiger partial charge in [0.25, 0.3) is 5.91 Å². The fraction of sp³-hybridized carbons (Fsp3) is 0.579. The highest BCUT2D eigenvalue weighted by molar-refractivity contribution is 5.95. The van der Waals surface area contributed by atoms with E-state index in [1.807, 2.05) is 4.90 Å². The number of benzene rings is 1. The summed E-state index contributed by atoms with van der Waals surface area (Å²) in [5.41, 5.74) is -0.602. The lowest BCUT2D eigenvalue weighted by molar-refractivity contribution is -0.136. The average Bonchev–Trinajstić information content (AvgIpc) is 3.15. The SMILES string of the molecule is COc1cc(F)c(C(=O)NC2CCN(C(=O)C3CCCC3)CC2)c(F)c1. The number of hydrogen-bond donors (Lipinski definition) is 1. The second kappa shape index (κ2) is 8.01. The van der Waals surface area contributed by atoms with E-state index in [9.17, 15) is 18.4 Å². The van der Waals surface area contributed by atoms with Crippen LogP contribution in [0.15, 0.2) is 12.1 Å². The number of likely N-dealkylation sites (tertiary alicyclic amines) is 1. The summed E-state index contributed by atoms with van der Waals surface area (Å²) in [7, 11) is 1.30. The maximum Gasteiger partial charge on any atom is 0.257 e. The molecule has 0 unspecified atom stereocenters. The number of nitrogens with zero attached hydrogens (tertiary/aromatic N) is 1. The van der Waals surface area contributed by atoms with Crippen LogP contribution in [0.3, 0.4) is 0 Å². The van der Waals surface area contributed by atoms with Crippen LogP contribution in [0.5, 0.6) is 5.75 Å². The van der Waals surface area contributed by atoms with E-state index in [1.54, 1.807) is 0 Å². The van der Waals surface area contributed by atoms with Crippen LogP contribution in [0.4, 0.5) is 8.78 Å². The molecule has 1 heterocycles. The summed E-state index contributed by atoms with van der Waals surface area (Å²) < 4.78 is 32.8. The smallest absolute Gasteiger partial charge is 0.257 e. The molecule has 1 aromatic carbocycles. The minimum absolute atomic E-state index is 0.0234. The number of rotatable bonds is 4. The van der Waals surface area contributed by atoms with Crippen molar-refractivity contribution in [1.82, 2.24) is 10.2 Å². The van der Waals surface area contributed by atoms with Crippen LogP contribution in [0.1, 0.15) is 48.9 Å². The molecule has 7 heteroatoms. The van der Waals surface area contributed by atoms with Gasteiger partial charge in [0.1, 0.15) is 22.9 Å². The van der Waals surface area contributed by atoms with E-state index >= 15 is 0 Å². The van der Waals surface area contributed by atoms with Crippen molar-refractivity contribution in [2.45, 2.75) is 44.6 Å². The van der Waals surface area contributed by atoms with Crippen LogP contribution in [0.2, 0.25) is 0 Å². The highest BCUT2D eigenvalue weighted by Crippen LogP contribution is 2.28. The topological polar surface area (TPSA) is 58.6 Å². The summed E-state index contributed by atoms with van der Waals surface area (Å²) in [6.07, 6.45) is 5.33. The zero-order chi connectivity index (χ0) is 18.7. The molecule has 0 radical (unpaired) electrons. The van der Waals surface area contributed by atoms with Crippen LogP contribution >= 0.6 is 0 Å². The molecule has 0 aromatic heterocycles. The van der Waals surface area contributed by atoms with Crippen LogP contribution in [0.25, 0.3) is 0 Å². The van der Waals surface area contributed by atoms with Gasteiger partial charge < -0.3 is 15.0 Å². The van der Waals surface area contributed by atoms with E-state index in [0.29, 0.717) is 25.9 Å². The second-order valence-electron chi connectivity index (χ2n) is 7.02. The van der Waals surface area contributed by atoms with Gasteiger partial charge in [-0.3, -0.25) is 9.59 Å². The molecular formula is C19H24F2N2O3. The van der Waals surface area contributed by atoms with Gasteiger partial charge >= 0.3 is 0 Å². The average molecular weight is 366 g/mol.